The first kappa shape index (κ1) is 72.6. The maximum atomic E-state index is 6.65. The lowest BCUT2D eigenvalue weighted by Crippen LogP contribution is -2.25. The van der Waals surface area contributed by atoms with Gasteiger partial charge in [0.05, 0.1) is 0 Å². The largest absolute Gasteiger partial charge is 0.489 e. The van der Waals surface area contributed by atoms with Gasteiger partial charge in [-0.2, -0.15) is 0 Å². The van der Waals surface area contributed by atoms with Crippen molar-refractivity contribution < 1.29 is 42.6 Å². The molecule has 0 spiro atoms. The van der Waals surface area contributed by atoms with Crippen molar-refractivity contribution in [2.24, 2.45) is 0 Å². The second-order valence-electron chi connectivity index (χ2n) is 28.7. The zero-order valence-electron chi connectivity index (χ0n) is 62.6. The molecule has 0 bridgehead atoms. The standard InChI is InChI=1S/C95H96O9/c1-62-26-63(2)33-74(32-62)53-99-89-44-80(45-90(50-89)100-54-75-34-64(3)27-65(4)35-75)59-96-86-20-14-83(15-21-86)95(13,84-16-22-87(23-17-84)97-60-81-46-91(101-55-76-36-66(5)28-67(6)37-76)51-92(47-81)102-56-77-38-68(7)29-69(8)39-77)85-18-24-88(25-19-85)98-61-82-48-93(103-57-78-40-70(9)30-71(10)41-78)52-94(49-82)104-58-79-42-72(11)31-73(12)43-79/h14-52H,53-61H2,1-13H3. The van der Waals surface area contributed by atoms with Gasteiger partial charge >= 0.3 is 0 Å². The molecule has 12 rings (SSSR count). The van der Waals surface area contributed by atoms with Gasteiger partial charge in [0.1, 0.15) is 111 Å². The van der Waals surface area contributed by atoms with E-state index >= 15 is 0 Å². The zero-order chi connectivity index (χ0) is 72.9. The monoisotopic (exact) mass is 1380 g/mol. The predicted molar refractivity (Wildman–Crippen MR) is 419 cm³/mol. The van der Waals surface area contributed by atoms with E-state index in [1.54, 1.807) is 0 Å². The van der Waals surface area contributed by atoms with Crippen molar-refractivity contribution in [1.82, 2.24) is 0 Å². The Morgan fingerprint density at radius 1 is 0.163 bits per heavy atom. The molecule has 0 unspecified atom stereocenters. The van der Waals surface area contributed by atoms with Gasteiger partial charge in [-0.3, -0.25) is 0 Å². The summed E-state index contributed by atoms with van der Waals surface area (Å²) in [5, 5.41) is 0. The normalized spacial score (nSPS) is 11.3. The Kier molecular flexibility index (Phi) is 23.3. The molecule has 0 radical (unpaired) electrons. The molecule has 104 heavy (non-hydrogen) atoms. The lowest BCUT2D eigenvalue weighted by atomic mass is 9.71. The molecule has 0 aliphatic heterocycles. The van der Waals surface area contributed by atoms with Gasteiger partial charge in [-0.25, -0.2) is 0 Å². The minimum Gasteiger partial charge on any atom is -0.489 e. The fourth-order valence-electron chi connectivity index (χ4n) is 14.2. The van der Waals surface area contributed by atoms with Gasteiger partial charge < -0.3 is 42.6 Å². The lowest BCUT2D eigenvalue weighted by molar-refractivity contribution is 0.281. The van der Waals surface area contributed by atoms with Crippen LogP contribution in [0.15, 0.2) is 237 Å². The molecule has 0 aliphatic carbocycles. The van der Waals surface area contributed by atoms with Crippen LogP contribution in [0.1, 0.15) is 140 Å². The van der Waals surface area contributed by atoms with Crippen molar-refractivity contribution in [3.8, 4) is 51.7 Å². The second kappa shape index (κ2) is 33.3. The highest BCUT2D eigenvalue weighted by Crippen LogP contribution is 2.42. The molecule has 530 valence electrons. The first-order valence-electron chi connectivity index (χ1n) is 35.9. The molecule has 0 aliphatic rings. The Hall–Kier alpha value is -11.2. The average Bonchev–Trinajstić information content (AvgIpc) is 0.761. The highest BCUT2D eigenvalue weighted by molar-refractivity contribution is 5.53. The number of ether oxygens (including phenoxy) is 9. The Bertz CT molecular complexity index is 4120. The zero-order valence-corrected chi connectivity index (χ0v) is 62.6. The lowest BCUT2D eigenvalue weighted by Gasteiger charge is -2.32. The number of hydrogen-bond acceptors (Lipinski definition) is 9. The molecule has 12 aromatic rings. The summed E-state index contributed by atoms with van der Waals surface area (Å²) >= 11 is 0. The Labute approximate surface area is 615 Å². The number of rotatable bonds is 30. The molecular weight excluding hydrogens is 1290 g/mol. The Balaban J connectivity index is 0.806. The molecule has 0 amide bonds. The summed E-state index contributed by atoms with van der Waals surface area (Å²) in [4.78, 5) is 0. The summed E-state index contributed by atoms with van der Waals surface area (Å²) in [5.41, 5.74) is 26.3. The third-order valence-corrected chi connectivity index (χ3v) is 18.5. The van der Waals surface area contributed by atoms with Crippen LogP contribution >= 0.6 is 0 Å². The molecule has 9 nitrogen and oxygen atoms in total. The minimum atomic E-state index is -0.660. The summed E-state index contributed by atoms with van der Waals surface area (Å²) in [6.45, 7) is 31.0. The van der Waals surface area contributed by atoms with E-state index in [1.807, 2.05) is 54.6 Å². The van der Waals surface area contributed by atoms with Gasteiger partial charge in [0.25, 0.3) is 0 Å². The van der Waals surface area contributed by atoms with E-state index in [9.17, 15) is 0 Å². The fraction of sp³-hybridized carbons (Fsp3) is 0.242. The summed E-state index contributed by atoms with van der Waals surface area (Å²) in [5.74, 6) is 6.41. The van der Waals surface area contributed by atoms with Crippen molar-refractivity contribution in [1.29, 1.82) is 0 Å². The molecule has 0 saturated carbocycles. The van der Waals surface area contributed by atoms with Crippen molar-refractivity contribution >= 4 is 0 Å². The van der Waals surface area contributed by atoms with E-state index in [0.717, 1.165) is 84.0 Å². The van der Waals surface area contributed by atoms with Crippen LogP contribution in [0.2, 0.25) is 0 Å². The summed E-state index contributed by atoms with van der Waals surface area (Å²) in [7, 11) is 0. The first-order chi connectivity index (χ1) is 50.1. The highest BCUT2D eigenvalue weighted by Gasteiger charge is 2.32. The van der Waals surface area contributed by atoms with Gasteiger partial charge in [0.15, 0.2) is 0 Å². The Morgan fingerprint density at radius 2 is 0.298 bits per heavy atom. The minimum absolute atomic E-state index is 0.290. The number of benzene rings is 12. The van der Waals surface area contributed by atoms with E-state index in [4.69, 9.17) is 42.6 Å². The van der Waals surface area contributed by atoms with E-state index in [0.29, 0.717) is 74.1 Å². The topological polar surface area (TPSA) is 83.1 Å². The highest BCUT2D eigenvalue weighted by atomic mass is 16.5. The summed E-state index contributed by atoms with van der Waals surface area (Å²) < 4.78 is 58.9. The molecule has 0 saturated heterocycles. The van der Waals surface area contributed by atoms with Crippen LogP contribution in [0.4, 0.5) is 0 Å². The summed E-state index contributed by atoms with van der Waals surface area (Å²) in [6.07, 6.45) is 0. The van der Waals surface area contributed by atoms with Crippen LogP contribution < -0.4 is 42.6 Å². The SMILES string of the molecule is Cc1cc(C)cc(COc2cc(COc3ccc(C(C)(c4ccc(OCc5cc(OCc6cc(C)cc(C)c6)cc(OCc6cc(C)cc(C)c6)c5)cc4)c4ccc(OCc5cc(OCc6cc(C)cc(C)c6)cc(OCc6cc(C)cc(C)c6)c5)cc4)cc3)cc(OCc3cc(C)cc(C)c3)c2)c1. The van der Waals surface area contributed by atoms with Crippen LogP contribution in [0.3, 0.4) is 0 Å². The van der Waals surface area contributed by atoms with Crippen molar-refractivity contribution in [2.75, 3.05) is 0 Å². The maximum absolute atomic E-state index is 6.65. The fourth-order valence-corrected chi connectivity index (χ4v) is 14.2. The van der Waals surface area contributed by atoms with Gasteiger partial charge in [-0.1, -0.05) is 212 Å². The molecular formula is C95H96O9. The molecule has 0 N–H and O–H groups in total. The van der Waals surface area contributed by atoms with E-state index < -0.39 is 5.41 Å². The van der Waals surface area contributed by atoms with Crippen molar-refractivity contribution in [2.45, 2.75) is 155 Å². The second-order valence-corrected chi connectivity index (χ2v) is 28.7. The van der Waals surface area contributed by atoms with E-state index in [-0.39, 0.29) is 19.8 Å². The predicted octanol–water partition coefficient (Wildman–Crippen LogP) is 23.0. The quantitative estimate of drug-likeness (QED) is 0.0409. The van der Waals surface area contributed by atoms with Gasteiger partial charge in [0.2, 0.25) is 0 Å². The number of aryl methyl sites for hydroxylation is 12. The Morgan fingerprint density at radius 3 is 0.452 bits per heavy atom. The van der Waals surface area contributed by atoms with Gasteiger partial charge in [-0.15, -0.1) is 0 Å². The van der Waals surface area contributed by atoms with Crippen molar-refractivity contribution in [3.05, 3.63) is 370 Å². The first-order valence-corrected chi connectivity index (χ1v) is 35.9. The number of hydrogen-bond donors (Lipinski definition) is 0. The van der Waals surface area contributed by atoms with E-state index in [1.165, 1.54) is 66.8 Å². The molecule has 9 heteroatoms. The van der Waals surface area contributed by atoms with Crippen LogP contribution in [0, 0.1) is 83.1 Å². The summed E-state index contributed by atoms with van der Waals surface area (Å²) in [6, 6.07) is 82.5. The van der Waals surface area contributed by atoms with Crippen LogP contribution in [-0.2, 0) is 64.9 Å². The average molecular weight is 1380 g/mol. The molecule has 0 atom stereocenters. The molecule has 12 aromatic carbocycles. The third kappa shape index (κ3) is 20.3. The third-order valence-electron chi connectivity index (χ3n) is 18.5. The molecule has 0 aromatic heterocycles. The maximum Gasteiger partial charge on any atom is 0.123 e. The van der Waals surface area contributed by atoms with E-state index in [2.05, 4.69) is 272 Å². The van der Waals surface area contributed by atoms with Gasteiger partial charge in [-0.05, 0) is 230 Å². The van der Waals surface area contributed by atoms with Crippen molar-refractivity contribution in [3.63, 3.8) is 0 Å². The van der Waals surface area contributed by atoms with Crippen LogP contribution in [0.25, 0.3) is 0 Å². The van der Waals surface area contributed by atoms with Gasteiger partial charge in [0, 0.05) is 23.6 Å². The molecule has 0 heterocycles. The van der Waals surface area contributed by atoms with Crippen LogP contribution in [-0.4, -0.2) is 0 Å². The van der Waals surface area contributed by atoms with Crippen LogP contribution in [0.5, 0.6) is 51.7 Å². The smallest absolute Gasteiger partial charge is 0.123 e. The molecule has 0 fully saturated rings.